The molecule has 1 aliphatic rings. The molecule has 1 heterocycles. The Bertz CT molecular complexity index is 569. The highest BCUT2D eigenvalue weighted by Crippen LogP contribution is 2.25. The van der Waals surface area contributed by atoms with Gasteiger partial charge in [0.1, 0.15) is 0 Å². The molecule has 20 heavy (non-hydrogen) atoms. The summed E-state index contributed by atoms with van der Waals surface area (Å²) in [5.41, 5.74) is 0.0250. The van der Waals surface area contributed by atoms with Gasteiger partial charge in [-0.05, 0) is 17.5 Å². The maximum absolute atomic E-state index is 12.0. The quantitative estimate of drug-likeness (QED) is 0.624. The number of imide groups is 1. The van der Waals surface area contributed by atoms with Crippen LogP contribution in [0.15, 0.2) is 36.9 Å². The number of fused-ring (bicyclic) bond motifs is 1. The van der Waals surface area contributed by atoms with Crippen molar-refractivity contribution in [3.8, 4) is 0 Å². The molecule has 0 aromatic heterocycles. The lowest BCUT2D eigenvalue weighted by Gasteiger charge is -2.19. The van der Waals surface area contributed by atoms with Crippen molar-refractivity contribution in [2.75, 3.05) is 0 Å². The van der Waals surface area contributed by atoms with Crippen LogP contribution >= 0.6 is 0 Å². The van der Waals surface area contributed by atoms with Crippen LogP contribution in [0.4, 0.5) is 0 Å². The second-order valence-electron chi connectivity index (χ2n) is 5.28. The van der Waals surface area contributed by atoms with Gasteiger partial charge in [-0.3, -0.25) is 9.59 Å². The molecule has 0 N–H and O–H groups in total. The molecule has 5 nitrogen and oxygen atoms in total. The van der Waals surface area contributed by atoms with Crippen molar-refractivity contribution in [1.29, 1.82) is 0 Å². The number of hydroxylamine groups is 2. The molecule has 0 aliphatic carbocycles. The minimum atomic E-state index is -0.649. The van der Waals surface area contributed by atoms with E-state index >= 15 is 0 Å². The minimum Gasteiger partial charge on any atom is -0.330 e. The number of allylic oxidation sites excluding steroid dienone is 1. The molecule has 5 heteroatoms. The first kappa shape index (κ1) is 14.0. The first-order chi connectivity index (χ1) is 9.35. The Morgan fingerprint density at radius 2 is 1.75 bits per heavy atom. The maximum atomic E-state index is 12.0. The zero-order valence-corrected chi connectivity index (χ0v) is 11.4. The number of amides is 2. The summed E-state index contributed by atoms with van der Waals surface area (Å²) in [5, 5.41) is 0.520. The van der Waals surface area contributed by atoms with E-state index in [-0.39, 0.29) is 17.5 Å². The molecule has 0 spiro atoms. The second kappa shape index (κ2) is 4.92. The highest BCUT2D eigenvalue weighted by molar-refractivity contribution is 6.20. The molecule has 0 atom stereocenters. The molecule has 2 rings (SSSR count). The number of rotatable bonds is 4. The van der Waals surface area contributed by atoms with Gasteiger partial charge in [-0.2, -0.15) is 0 Å². The average Bonchev–Trinajstić information content (AvgIpc) is 2.64. The molecule has 0 saturated heterocycles. The van der Waals surface area contributed by atoms with Crippen LogP contribution in [0.1, 0.15) is 41.0 Å². The third-order valence-electron chi connectivity index (χ3n) is 3.10. The van der Waals surface area contributed by atoms with Crippen LogP contribution in [0.5, 0.6) is 0 Å². The van der Waals surface area contributed by atoms with Gasteiger partial charge in [0.15, 0.2) is 0 Å². The first-order valence-corrected chi connectivity index (χ1v) is 6.18. The van der Waals surface area contributed by atoms with Gasteiger partial charge in [0.25, 0.3) is 11.8 Å². The predicted octanol–water partition coefficient (Wildman–Crippen LogP) is 2.34. The van der Waals surface area contributed by atoms with E-state index in [9.17, 15) is 14.4 Å². The summed E-state index contributed by atoms with van der Waals surface area (Å²) in [7, 11) is 0. The predicted molar refractivity (Wildman–Crippen MR) is 71.6 cm³/mol. The van der Waals surface area contributed by atoms with Gasteiger partial charge in [-0.25, -0.2) is 4.79 Å². The Hall–Kier alpha value is -2.43. The Balaban J connectivity index is 2.13. The number of hydrogen-bond donors (Lipinski definition) is 0. The van der Waals surface area contributed by atoms with E-state index in [0.717, 1.165) is 0 Å². The number of hydrogen-bond acceptors (Lipinski definition) is 4. The van der Waals surface area contributed by atoms with Crippen LogP contribution in [-0.4, -0.2) is 22.8 Å². The Morgan fingerprint density at radius 3 is 2.20 bits per heavy atom. The van der Waals surface area contributed by atoms with Crippen LogP contribution < -0.4 is 0 Å². The molecule has 0 bridgehead atoms. The summed E-state index contributed by atoms with van der Waals surface area (Å²) in [6.45, 7) is 7.24. The second-order valence-corrected chi connectivity index (χ2v) is 5.28. The van der Waals surface area contributed by atoms with E-state index in [1.807, 2.05) is 13.8 Å². The van der Waals surface area contributed by atoms with E-state index in [4.69, 9.17) is 4.84 Å². The molecule has 0 fully saturated rings. The van der Waals surface area contributed by atoms with Crippen LogP contribution in [0.2, 0.25) is 0 Å². The summed E-state index contributed by atoms with van der Waals surface area (Å²) in [6, 6.07) is 6.35. The van der Waals surface area contributed by atoms with E-state index in [1.165, 1.54) is 12.1 Å². The van der Waals surface area contributed by atoms with E-state index in [2.05, 4.69) is 6.58 Å². The molecule has 1 aromatic carbocycles. The Morgan fingerprint density at radius 1 is 1.25 bits per heavy atom. The van der Waals surface area contributed by atoms with Gasteiger partial charge in [0, 0.05) is 0 Å². The van der Waals surface area contributed by atoms with E-state index < -0.39 is 23.2 Å². The zero-order chi connectivity index (χ0) is 14.9. The van der Waals surface area contributed by atoms with Crippen molar-refractivity contribution < 1.29 is 19.2 Å². The van der Waals surface area contributed by atoms with Gasteiger partial charge < -0.3 is 4.84 Å². The van der Waals surface area contributed by atoms with Crippen molar-refractivity contribution in [2.24, 2.45) is 5.41 Å². The number of carbonyl (C=O) groups is 3. The van der Waals surface area contributed by atoms with Gasteiger partial charge in [-0.15, -0.1) is 6.58 Å². The third-order valence-corrected chi connectivity index (χ3v) is 3.10. The summed E-state index contributed by atoms with van der Waals surface area (Å²) in [5.74, 6) is -1.88. The largest absolute Gasteiger partial charge is 0.334 e. The van der Waals surface area contributed by atoms with Crippen LogP contribution in [0, 0.1) is 5.41 Å². The molecule has 2 amide bonds. The lowest BCUT2D eigenvalue weighted by Crippen LogP contribution is -2.33. The Labute approximate surface area is 116 Å². The molecule has 0 radical (unpaired) electrons. The number of nitrogens with zero attached hydrogens (tertiary/aromatic N) is 1. The van der Waals surface area contributed by atoms with Crippen molar-refractivity contribution in [1.82, 2.24) is 5.06 Å². The van der Waals surface area contributed by atoms with Crippen LogP contribution in [0.25, 0.3) is 0 Å². The summed E-state index contributed by atoms with van der Waals surface area (Å²) >= 11 is 0. The summed E-state index contributed by atoms with van der Waals surface area (Å²) in [4.78, 5) is 40.7. The average molecular weight is 273 g/mol. The van der Waals surface area contributed by atoms with Gasteiger partial charge in [0.05, 0.1) is 17.5 Å². The van der Waals surface area contributed by atoms with Gasteiger partial charge in [0.2, 0.25) is 0 Å². The monoisotopic (exact) mass is 273 g/mol. The standard InChI is InChI=1S/C15H15NO4/c1-4-15(2,3)9-12(17)20-16-13(18)10-7-5-6-8-11(10)14(16)19/h4-8H,1,9H2,2-3H3. The molecule has 0 unspecified atom stereocenters. The molecule has 1 aromatic rings. The molecular formula is C15H15NO4. The third kappa shape index (κ3) is 2.47. The smallest absolute Gasteiger partial charge is 0.330 e. The van der Waals surface area contributed by atoms with E-state index in [0.29, 0.717) is 5.06 Å². The highest BCUT2D eigenvalue weighted by Gasteiger charge is 2.39. The van der Waals surface area contributed by atoms with Crippen molar-refractivity contribution in [2.45, 2.75) is 20.3 Å². The lowest BCUT2D eigenvalue weighted by molar-refractivity contribution is -0.170. The molecule has 0 saturated carbocycles. The number of benzene rings is 1. The summed E-state index contributed by atoms with van der Waals surface area (Å²) in [6.07, 6.45) is 1.65. The fourth-order valence-corrected chi connectivity index (χ4v) is 1.83. The Kier molecular flexibility index (Phi) is 3.44. The molecular weight excluding hydrogens is 258 g/mol. The minimum absolute atomic E-state index is 0.0317. The van der Waals surface area contributed by atoms with Crippen molar-refractivity contribution >= 4 is 17.8 Å². The topological polar surface area (TPSA) is 63.7 Å². The van der Waals surface area contributed by atoms with Crippen LogP contribution in [-0.2, 0) is 9.63 Å². The van der Waals surface area contributed by atoms with E-state index in [1.54, 1.807) is 18.2 Å². The molecule has 104 valence electrons. The molecule has 1 aliphatic heterocycles. The van der Waals surface area contributed by atoms with Gasteiger partial charge in [-0.1, -0.05) is 37.1 Å². The maximum Gasteiger partial charge on any atom is 0.334 e. The zero-order valence-electron chi connectivity index (χ0n) is 11.4. The van der Waals surface area contributed by atoms with Crippen LogP contribution in [0.3, 0.4) is 0 Å². The summed E-state index contributed by atoms with van der Waals surface area (Å²) < 4.78 is 0. The van der Waals surface area contributed by atoms with Crippen molar-refractivity contribution in [3.05, 3.63) is 48.0 Å². The van der Waals surface area contributed by atoms with Crippen molar-refractivity contribution in [3.63, 3.8) is 0 Å². The fraction of sp³-hybridized carbons (Fsp3) is 0.267. The highest BCUT2D eigenvalue weighted by atomic mass is 16.7. The van der Waals surface area contributed by atoms with Gasteiger partial charge >= 0.3 is 5.97 Å². The first-order valence-electron chi connectivity index (χ1n) is 6.18. The fourth-order valence-electron chi connectivity index (χ4n) is 1.83. The normalized spacial score (nSPS) is 14.2. The SMILES string of the molecule is C=CC(C)(C)CC(=O)ON1C(=O)c2ccccc2C1=O. The lowest BCUT2D eigenvalue weighted by atomic mass is 9.90. The number of carbonyl (C=O) groups excluding carboxylic acids is 3.